The molecule has 3 aliphatic rings. The molecule has 3 N–H and O–H groups in total. The van der Waals surface area contributed by atoms with E-state index in [1.54, 1.807) is 51.1 Å². The number of thioether (sulfide) groups is 1. The van der Waals surface area contributed by atoms with Gasteiger partial charge in [-0.2, -0.15) is 0 Å². The van der Waals surface area contributed by atoms with Crippen molar-refractivity contribution in [2.45, 2.75) is 49.0 Å². The van der Waals surface area contributed by atoms with Gasteiger partial charge in [0.05, 0.1) is 0 Å². The van der Waals surface area contributed by atoms with Crippen LogP contribution >= 0.6 is 11.8 Å². The second-order valence-electron chi connectivity index (χ2n) is 9.22. The van der Waals surface area contributed by atoms with Crippen molar-refractivity contribution in [3.8, 4) is 0 Å². The number of aliphatic carboxylic acids is 1. The van der Waals surface area contributed by atoms with Gasteiger partial charge in [0.15, 0.2) is 0 Å². The van der Waals surface area contributed by atoms with Crippen LogP contribution < -0.4 is 10.6 Å². The number of imide groups is 1. The third-order valence-electron chi connectivity index (χ3n) is 6.57. The summed E-state index contributed by atoms with van der Waals surface area (Å²) < 4.78 is -0.758. The van der Waals surface area contributed by atoms with Crippen molar-refractivity contribution in [2.24, 2.45) is 0 Å². The molecule has 1 unspecified atom stereocenters. The van der Waals surface area contributed by atoms with Crippen molar-refractivity contribution < 1.29 is 33.9 Å². The van der Waals surface area contributed by atoms with E-state index in [4.69, 9.17) is 0 Å². The summed E-state index contributed by atoms with van der Waals surface area (Å²) in [7, 11) is 0. The quantitative estimate of drug-likeness (QED) is 0.238. The Kier molecular flexibility index (Phi) is 8.62. The van der Waals surface area contributed by atoms with Gasteiger partial charge in [0.25, 0.3) is 0 Å². The monoisotopic (exact) mass is 541 g/mol. The number of rotatable bonds is 6. The fourth-order valence-electron chi connectivity index (χ4n) is 4.70. The number of carbonyl (C=O) groups is 6. The first-order chi connectivity index (χ1) is 17.0. The van der Waals surface area contributed by atoms with Gasteiger partial charge in [0.2, 0.25) is 11.8 Å². The van der Waals surface area contributed by atoms with Crippen molar-refractivity contribution in [3.63, 3.8) is 0 Å². The van der Waals surface area contributed by atoms with Crippen molar-refractivity contribution in [1.82, 2.24) is 25.3 Å². The maximum atomic E-state index is 13.3. The predicted octanol–water partition coefficient (Wildman–Crippen LogP) is -0.889. The van der Waals surface area contributed by atoms with Crippen LogP contribution in [0.15, 0.2) is 30.3 Å². The molecule has 37 heavy (non-hydrogen) atoms. The van der Waals surface area contributed by atoms with Gasteiger partial charge in [0, 0.05) is 24.4 Å². The molecule has 0 saturated carbocycles. The Morgan fingerprint density at radius 3 is 2.35 bits per heavy atom. The molecule has 0 aromatic heterocycles. The summed E-state index contributed by atoms with van der Waals surface area (Å²) in [6.45, 7) is 5.67. The summed E-state index contributed by atoms with van der Waals surface area (Å²) in [5, 5.41) is 14.2. The number of amides is 6. The molecule has 0 bridgehead atoms. The number of nitrogens with zero attached hydrogens (tertiary/aromatic N) is 3. The molecular formula is C23H28N5NaO7S. The Hall–Kier alpha value is -2.61. The number of carboxylic acid groups (broad SMARTS) is 1. The van der Waals surface area contributed by atoms with Crippen LogP contribution in [0.5, 0.6) is 0 Å². The SMILES string of the molecule is CCN1CCN(C(=O)NC(C(=O)N[C@@H]2C(=O)N3[C@@H]2SC(C)(C)[C@@H]3C(=O)O)c2ccccc2)C(=O)C1=O.[NaH]. The van der Waals surface area contributed by atoms with Gasteiger partial charge in [0.1, 0.15) is 23.5 Å². The van der Waals surface area contributed by atoms with Crippen LogP contribution in [0.4, 0.5) is 4.79 Å². The number of likely N-dealkylation sites (N-methyl/N-ethyl adjacent to an activating group) is 1. The second kappa shape index (κ2) is 11.0. The zero-order chi connectivity index (χ0) is 26.4. The molecule has 0 radical (unpaired) electrons. The third-order valence-corrected chi connectivity index (χ3v) is 8.14. The Labute approximate surface area is 239 Å². The van der Waals surface area contributed by atoms with Crippen LogP contribution in [0, 0.1) is 0 Å². The number of hydrogen-bond donors (Lipinski definition) is 3. The molecule has 12 nitrogen and oxygen atoms in total. The van der Waals surface area contributed by atoms with Gasteiger partial charge >= 0.3 is 53.4 Å². The van der Waals surface area contributed by atoms with Gasteiger partial charge in [-0.25, -0.2) is 9.59 Å². The molecule has 3 aliphatic heterocycles. The maximum absolute atomic E-state index is 13.3. The zero-order valence-corrected chi connectivity index (χ0v) is 20.8. The van der Waals surface area contributed by atoms with Gasteiger partial charge in [-0.1, -0.05) is 30.3 Å². The van der Waals surface area contributed by atoms with E-state index in [-0.39, 0.29) is 42.6 Å². The number of carbonyl (C=O) groups excluding carboxylic acids is 5. The van der Waals surface area contributed by atoms with Crippen molar-refractivity contribution in [3.05, 3.63) is 35.9 Å². The Morgan fingerprint density at radius 2 is 1.76 bits per heavy atom. The summed E-state index contributed by atoms with van der Waals surface area (Å²) in [5.74, 6) is -4.12. The van der Waals surface area contributed by atoms with Crippen molar-refractivity contribution >= 4 is 76.9 Å². The standard InChI is InChI=1S/C23H27N5O7S.Na.H/c1-4-26-10-11-27(19(32)18(26)31)22(35)25-13(12-8-6-5-7-9-12)16(29)24-14-17(30)28-15(21(33)34)23(2,3)36-20(14)28;;/h5-9,13-15,20H,4,10-11H2,1-3H3,(H,24,29)(H,25,35)(H,33,34);;/t13?,14-,15+,20-;;/m1../s1. The van der Waals surface area contributed by atoms with Crippen LogP contribution in [-0.2, 0) is 24.0 Å². The summed E-state index contributed by atoms with van der Waals surface area (Å²) in [6, 6.07) is 4.11. The van der Waals surface area contributed by atoms with Crippen LogP contribution in [-0.4, -0.2) is 127 Å². The van der Waals surface area contributed by atoms with E-state index in [0.717, 1.165) is 4.90 Å². The molecule has 0 spiro atoms. The molecule has 3 fully saturated rings. The average molecular weight is 542 g/mol. The molecule has 1 aromatic rings. The first-order valence-electron chi connectivity index (χ1n) is 11.5. The van der Waals surface area contributed by atoms with E-state index in [9.17, 15) is 33.9 Å². The molecular weight excluding hydrogens is 513 g/mol. The minimum atomic E-state index is -1.26. The normalized spacial score (nSPS) is 25.0. The van der Waals surface area contributed by atoms with Crippen molar-refractivity contribution in [2.75, 3.05) is 19.6 Å². The molecule has 4 atom stereocenters. The number of hydrogen-bond acceptors (Lipinski definition) is 7. The summed E-state index contributed by atoms with van der Waals surface area (Å²) in [4.78, 5) is 78.8. The number of β-lactam (4-membered cyclic amide) rings is 1. The van der Waals surface area contributed by atoms with E-state index in [1.165, 1.54) is 21.6 Å². The number of carboxylic acids is 1. The molecule has 3 saturated heterocycles. The van der Waals surface area contributed by atoms with Gasteiger partial charge in [-0.3, -0.25) is 24.1 Å². The van der Waals surface area contributed by atoms with Gasteiger partial charge < -0.3 is 25.5 Å². The van der Waals surface area contributed by atoms with E-state index < -0.39 is 63.9 Å². The van der Waals surface area contributed by atoms with Gasteiger partial charge in [-0.05, 0) is 26.3 Å². The molecule has 3 heterocycles. The third kappa shape index (κ3) is 5.22. The van der Waals surface area contributed by atoms with Crippen LogP contribution in [0.1, 0.15) is 32.4 Å². The first kappa shape index (κ1) is 29.0. The van der Waals surface area contributed by atoms with Crippen LogP contribution in [0.25, 0.3) is 0 Å². The predicted molar refractivity (Wildman–Crippen MR) is 134 cm³/mol. The average Bonchev–Trinajstić information content (AvgIpc) is 3.10. The number of nitrogens with one attached hydrogen (secondary N) is 2. The number of piperazine rings is 1. The molecule has 194 valence electrons. The Balaban J connectivity index is 0.00000380. The number of fused-ring (bicyclic) bond motifs is 1. The fraction of sp³-hybridized carbons (Fsp3) is 0.478. The summed E-state index contributed by atoms with van der Waals surface area (Å²) >= 11 is 1.28. The molecule has 6 amide bonds. The summed E-state index contributed by atoms with van der Waals surface area (Å²) in [5.41, 5.74) is 0.403. The molecule has 1 aromatic carbocycles. The van der Waals surface area contributed by atoms with Gasteiger partial charge in [-0.15, -0.1) is 11.8 Å². The van der Waals surface area contributed by atoms with E-state index in [0.29, 0.717) is 12.1 Å². The molecule has 14 heteroatoms. The summed E-state index contributed by atoms with van der Waals surface area (Å²) in [6.07, 6.45) is 0. The second-order valence-corrected chi connectivity index (χ2v) is 11.0. The minimum absolute atomic E-state index is 0. The molecule has 0 aliphatic carbocycles. The van der Waals surface area contributed by atoms with E-state index in [2.05, 4.69) is 10.6 Å². The number of urea groups is 1. The fourth-order valence-corrected chi connectivity index (χ4v) is 6.32. The topological polar surface area (TPSA) is 156 Å². The van der Waals surface area contributed by atoms with E-state index in [1.807, 2.05) is 0 Å². The van der Waals surface area contributed by atoms with Crippen LogP contribution in [0.2, 0.25) is 0 Å². The van der Waals surface area contributed by atoms with Crippen molar-refractivity contribution in [1.29, 1.82) is 0 Å². The van der Waals surface area contributed by atoms with Crippen LogP contribution in [0.3, 0.4) is 0 Å². The Bertz CT molecular complexity index is 1130. The number of benzene rings is 1. The zero-order valence-electron chi connectivity index (χ0n) is 20.0. The molecule has 4 rings (SSSR count). The Morgan fingerprint density at radius 1 is 1.11 bits per heavy atom. The first-order valence-corrected chi connectivity index (χ1v) is 12.3. The van der Waals surface area contributed by atoms with E-state index >= 15 is 0 Å².